The molecule has 0 aliphatic heterocycles. The van der Waals surface area contributed by atoms with Crippen molar-refractivity contribution in [3.8, 4) is 0 Å². The molecule has 0 aliphatic carbocycles. The normalized spacial score (nSPS) is 15.7. The van der Waals surface area contributed by atoms with Crippen molar-refractivity contribution in [3.05, 3.63) is 8.73 Å². The number of hydrogen-bond donors (Lipinski definition) is 2. The van der Waals surface area contributed by atoms with Crippen molar-refractivity contribution < 1.29 is 25.9 Å². The molecule has 72 valence electrons. The summed E-state index contributed by atoms with van der Waals surface area (Å²) in [5, 5.41) is 0. The standard InChI is InChI=1S/C2H2Cl2O6S2/c3-1(11(5,6)7)2(4)12(8,9)10/h(H,5,6,7)(H,8,9,10). The fraction of sp³-hybridized carbons (Fsp3) is 0. The summed E-state index contributed by atoms with van der Waals surface area (Å²) < 4.78 is 53.7. The molecule has 0 atom stereocenters. The van der Waals surface area contributed by atoms with Crippen molar-refractivity contribution in [1.82, 2.24) is 0 Å². The van der Waals surface area contributed by atoms with Crippen LogP contribution in [0.2, 0.25) is 0 Å². The van der Waals surface area contributed by atoms with Crippen molar-refractivity contribution in [3.63, 3.8) is 0 Å². The van der Waals surface area contributed by atoms with Gasteiger partial charge in [-0.2, -0.15) is 16.8 Å². The van der Waals surface area contributed by atoms with E-state index in [4.69, 9.17) is 32.3 Å². The van der Waals surface area contributed by atoms with Gasteiger partial charge in [0, 0.05) is 0 Å². The van der Waals surface area contributed by atoms with E-state index in [1.54, 1.807) is 0 Å². The minimum Gasteiger partial charge on any atom is -0.281 e. The monoisotopic (exact) mass is 256 g/mol. The predicted molar refractivity (Wildman–Crippen MR) is 41.8 cm³/mol. The van der Waals surface area contributed by atoms with E-state index in [9.17, 15) is 16.8 Å². The molecule has 12 heavy (non-hydrogen) atoms. The highest BCUT2D eigenvalue weighted by Gasteiger charge is 2.24. The molecule has 0 spiro atoms. The van der Waals surface area contributed by atoms with E-state index in [0.717, 1.165) is 0 Å². The summed E-state index contributed by atoms with van der Waals surface area (Å²) in [6, 6.07) is 0. The van der Waals surface area contributed by atoms with E-state index in [2.05, 4.69) is 0 Å². The molecule has 0 rings (SSSR count). The van der Waals surface area contributed by atoms with Gasteiger partial charge >= 0.3 is 20.2 Å². The van der Waals surface area contributed by atoms with Crippen molar-refractivity contribution in [2.45, 2.75) is 0 Å². The lowest BCUT2D eigenvalue weighted by Gasteiger charge is -1.95. The van der Waals surface area contributed by atoms with Crippen molar-refractivity contribution in [1.29, 1.82) is 0 Å². The molecule has 0 aromatic heterocycles. The molecule has 2 N–H and O–H groups in total. The topological polar surface area (TPSA) is 109 Å². The zero-order valence-corrected chi connectivity index (χ0v) is 8.24. The summed E-state index contributed by atoms with van der Waals surface area (Å²) in [4.78, 5) is 0. The van der Waals surface area contributed by atoms with Gasteiger partial charge < -0.3 is 0 Å². The first-order valence-corrected chi connectivity index (χ1v) is 5.70. The van der Waals surface area contributed by atoms with Gasteiger partial charge in [-0.15, -0.1) is 0 Å². The maximum atomic E-state index is 10.1. The van der Waals surface area contributed by atoms with Gasteiger partial charge in [0.1, 0.15) is 0 Å². The Kier molecular flexibility index (Phi) is 3.52. The average Bonchev–Trinajstić information content (AvgIpc) is 1.80. The van der Waals surface area contributed by atoms with Gasteiger partial charge in [0.05, 0.1) is 0 Å². The second kappa shape index (κ2) is 3.48. The fourth-order valence-corrected chi connectivity index (χ4v) is 1.83. The highest BCUT2D eigenvalue weighted by Crippen LogP contribution is 2.22. The van der Waals surface area contributed by atoms with Gasteiger partial charge in [-0.3, -0.25) is 9.11 Å². The molecule has 10 heteroatoms. The maximum Gasteiger partial charge on any atom is 0.307 e. The van der Waals surface area contributed by atoms with Crippen LogP contribution in [-0.4, -0.2) is 25.9 Å². The average molecular weight is 257 g/mol. The Balaban J connectivity index is 5.58. The Morgan fingerprint density at radius 3 is 1.08 bits per heavy atom. The smallest absolute Gasteiger partial charge is 0.281 e. The predicted octanol–water partition coefficient (Wildman–Crippen LogP) is 0.366. The lowest BCUT2D eigenvalue weighted by molar-refractivity contribution is 0.487. The molecule has 0 saturated heterocycles. The Labute approximate surface area is 78.3 Å². The molecular formula is C2H2Cl2O6S2. The summed E-state index contributed by atoms with van der Waals surface area (Å²) in [6.07, 6.45) is 0. The third kappa shape index (κ3) is 3.25. The maximum absolute atomic E-state index is 10.1. The summed E-state index contributed by atoms with van der Waals surface area (Å²) >= 11 is 9.53. The quantitative estimate of drug-likeness (QED) is 0.691. The van der Waals surface area contributed by atoms with Gasteiger partial charge in [-0.25, -0.2) is 0 Å². The van der Waals surface area contributed by atoms with E-state index in [0.29, 0.717) is 0 Å². The van der Waals surface area contributed by atoms with Gasteiger partial charge in [0.25, 0.3) is 0 Å². The number of halogens is 2. The van der Waals surface area contributed by atoms with E-state index in [-0.39, 0.29) is 0 Å². The molecule has 0 saturated carbocycles. The molecule has 0 aromatic rings. The van der Waals surface area contributed by atoms with Crippen LogP contribution < -0.4 is 0 Å². The Bertz CT molecular complexity index is 361. The summed E-state index contributed by atoms with van der Waals surface area (Å²) in [7, 11) is -9.82. The molecule has 6 nitrogen and oxygen atoms in total. The lowest BCUT2D eigenvalue weighted by Crippen LogP contribution is -2.04. The molecule has 0 aromatic carbocycles. The zero-order chi connectivity index (χ0) is 10.2. The molecule has 0 bridgehead atoms. The fourth-order valence-electron chi connectivity index (χ4n) is 0.203. The largest absolute Gasteiger partial charge is 0.307 e. The third-order valence-corrected chi connectivity index (χ3v) is 3.92. The second-order valence-corrected chi connectivity index (χ2v) is 5.42. The van der Waals surface area contributed by atoms with E-state index >= 15 is 0 Å². The van der Waals surface area contributed by atoms with Crippen LogP contribution in [0, 0.1) is 0 Å². The van der Waals surface area contributed by atoms with Crippen LogP contribution in [0.25, 0.3) is 0 Å². The summed E-state index contributed by atoms with van der Waals surface area (Å²) in [5.74, 6) is 0. The zero-order valence-electron chi connectivity index (χ0n) is 5.10. The number of rotatable bonds is 2. The molecular weight excluding hydrogens is 255 g/mol. The van der Waals surface area contributed by atoms with E-state index in [1.165, 1.54) is 0 Å². The number of hydrogen-bond acceptors (Lipinski definition) is 4. The van der Waals surface area contributed by atoms with Crippen molar-refractivity contribution >= 4 is 43.4 Å². The first kappa shape index (κ1) is 12.1. The molecule has 0 radical (unpaired) electrons. The van der Waals surface area contributed by atoms with Crippen molar-refractivity contribution in [2.24, 2.45) is 0 Å². The van der Waals surface area contributed by atoms with Crippen LogP contribution in [-0.2, 0) is 20.2 Å². The highest BCUT2D eigenvalue weighted by atomic mass is 35.5. The first-order chi connectivity index (χ1) is 5.07. The van der Waals surface area contributed by atoms with Gasteiger partial charge in [0.15, 0.2) is 8.73 Å². The van der Waals surface area contributed by atoms with Gasteiger partial charge in [-0.05, 0) is 0 Å². The summed E-state index contributed by atoms with van der Waals surface area (Å²) in [5.41, 5.74) is 0. The van der Waals surface area contributed by atoms with Crippen LogP contribution in [0.5, 0.6) is 0 Å². The van der Waals surface area contributed by atoms with Gasteiger partial charge in [-0.1, -0.05) is 23.2 Å². The van der Waals surface area contributed by atoms with Crippen LogP contribution in [0.15, 0.2) is 8.73 Å². The molecule has 0 amide bonds. The van der Waals surface area contributed by atoms with Gasteiger partial charge in [0.2, 0.25) is 0 Å². The molecule has 0 heterocycles. The molecule has 0 aliphatic rings. The SMILES string of the molecule is O=S(=O)(O)C(Cl)=C(Cl)S(=O)(=O)O. The molecule has 0 fully saturated rings. The Morgan fingerprint density at radius 1 is 0.833 bits per heavy atom. The van der Waals surface area contributed by atoms with Crippen LogP contribution in [0.3, 0.4) is 0 Å². The third-order valence-electron chi connectivity index (χ3n) is 0.607. The lowest BCUT2D eigenvalue weighted by atomic mass is 11.2. The van der Waals surface area contributed by atoms with Crippen molar-refractivity contribution in [2.75, 3.05) is 0 Å². The summed E-state index contributed by atoms with van der Waals surface area (Å²) in [6.45, 7) is 0. The van der Waals surface area contributed by atoms with E-state index in [1.807, 2.05) is 0 Å². The molecule has 0 unspecified atom stereocenters. The minimum absolute atomic E-state index is 1.55. The van der Waals surface area contributed by atoms with Crippen LogP contribution in [0.1, 0.15) is 0 Å². The minimum atomic E-state index is -4.91. The second-order valence-electron chi connectivity index (χ2n) is 1.50. The van der Waals surface area contributed by atoms with Crippen LogP contribution >= 0.6 is 23.2 Å². The van der Waals surface area contributed by atoms with E-state index < -0.39 is 29.0 Å². The Hall–Kier alpha value is 0.140. The first-order valence-electron chi connectivity index (χ1n) is 2.07. The highest BCUT2D eigenvalue weighted by molar-refractivity contribution is 7.96. The van der Waals surface area contributed by atoms with Crippen LogP contribution in [0.4, 0.5) is 0 Å². The Morgan fingerprint density at radius 2 is 1.00 bits per heavy atom.